The van der Waals surface area contributed by atoms with Crippen molar-refractivity contribution in [2.45, 2.75) is 64.7 Å². The first-order valence-electron chi connectivity index (χ1n) is 7.81. The van der Waals surface area contributed by atoms with E-state index in [0.717, 1.165) is 32.0 Å². The summed E-state index contributed by atoms with van der Waals surface area (Å²) in [6.45, 7) is 8.30. The summed E-state index contributed by atoms with van der Waals surface area (Å²) in [6.07, 6.45) is 5.08. The number of nitrogens with one attached hydrogen (secondary N) is 1. The van der Waals surface area contributed by atoms with Gasteiger partial charge in [-0.15, -0.1) is 0 Å². The Morgan fingerprint density at radius 3 is 2.63 bits per heavy atom. The van der Waals surface area contributed by atoms with Gasteiger partial charge in [-0.25, -0.2) is 0 Å². The molecular formula is C15H29N3O. The lowest BCUT2D eigenvalue weighted by atomic mass is 10.1. The lowest BCUT2D eigenvalue weighted by Crippen LogP contribution is -2.42. The topological polar surface area (TPSA) is 35.6 Å². The third-order valence-electron chi connectivity index (χ3n) is 4.39. The summed E-state index contributed by atoms with van der Waals surface area (Å²) in [4.78, 5) is 17.0. The predicted octanol–water partition coefficient (Wildman–Crippen LogP) is 1.66. The zero-order valence-electron chi connectivity index (χ0n) is 12.9. The van der Waals surface area contributed by atoms with Gasteiger partial charge < -0.3 is 9.80 Å². The first kappa shape index (κ1) is 14.8. The Bertz CT molecular complexity index is 315. The molecule has 110 valence electrons. The van der Waals surface area contributed by atoms with Gasteiger partial charge in [0.05, 0.1) is 12.2 Å². The first-order valence-corrected chi connectivity index (χ1v) is 7.81. The lowest BCUT2D eigenvalue weighted by molar-refractivity contribution is -0.131. The summed E-state index contributed by atoms with van der Waals surface area (Å²) in [6, 6.07) is 0.791. The molecule has 1 heterocycles. The Morgan fingerprint density at radius 1 is 1.42 bits per heavy atom. The number of amides is 1. The highest BCUT2D eigenvalue weighted by molar-refractivity contribution is 5.84. The van der Waals surface area contributed by atoms with Crippen molar-refractivity contribution in [1.82, 2.24) is 15.1 Å². The molecule has 2 unspecified atom stereocenters. The number of carbonyl (C=O) groups excluding carboxylic acids is 1. The number of rotatable bonds is 7. The van der Waals surface area contributed by atoms with Gasteiger partial charge in [-0.05, 0) is 32.2 Å². The molecule has 4 heteroatoms. The van der Waals surface area contributed by atoms with Gasteiger partial charge in [-0.3, -0.25) is 10.1 Å². The van der Waals surface area contributed by atoms with Crippen LogP contribution in [-0.2, 0) is 4.79 Å². The first-order chi connectivity index (χ1) is 9.04. The minimum absolute atomic E-state index is 0.0165. The minimum atomic E-state index is 0.0165. The van der Waals surface area contributed by atoms with E-state index in [4.69, 9.17) is 0 Å². The van der Waals surface area contributed by atoms with Crippen molar-refractivity contribution in [3.8, 4) is 0 Å². The molecule has 1 amide bonds. The number of hydrogen-bond acceptors (Lipinski definition) is 3. The number of hydrogen-bond donors (Lipinski definition) is 1. The predicted molar refractivity (Wildman–Crippen MR) is 77.8 cm³/mol. The van der Waals surface area contributed by atoms with Crippen LogP contribution in [0.25, 0.3) is 0 Å². The van der Waals surface area contributed by atoms with E-state index in [-0.39, 0.29) is 12.2 Å². The van der Waals surface area contributed by atoms with Gasteiger partial charge in [-0.1, -0.05) is 27.2 Å². The van der Waals surface area contributed by atoms with Crippen LogP contribution in [0.15, 0.2) is 0 Å². The molecule has 0 aromatic rings. The van der Waals surface area contributed by atoms with Crippen LogP contribution in [0.4, 0.5) is 0 Å². The Hall–Kier alpha value is -0.610. The Kier molecular flexibility index (Phi) is 4.85. The average molecular weight is 267 g/mol. The standard InChI is InChI=1S/C15H29N3O/c1-5-6-13-16-14(11(2)3)15(19)18(13)10-9-17(4)12-7-8-12/h11-14,16H,5-10H2,1-4H3. The van der Waals surface area contributed by atoms with Crippen LogP contribution in [0.3, 0.4) is 0 Å². The molecule has 1 saturated carbocycles. The summed E-state index contributed by atoms with van der Waals surface area (Å²) in [5.41, 5.74) is 0. The molecule has 1 aliphatic heterocycles. The van der Waals surface area contributed by atoms with E-state index in [0.29, 0.717) is 11.8 Å². The molecule has 0 radical (unpaired) electrons. The summed E-state index contributed by atoms with van der Waals surface area (Å²) >= 11 is 0. The fourth-order valence-electron chi connectivity index (χ4n) is 2.92. The molecule has 0 spiro atoms. The molecular weight excluding hydrogens is 238 g/mol. The molecule has 0 aromatic heterocycles. The SMILES string of the molecule is CCCC1NC(C(C)C)C(=O)N1CCN(C)C1CC1. The van der Waals surface area contributed by atoms with Crippen molar-refractivity contribution in [2.24, 2.45) is 5.92 Å². The maximum atomic E-state index is 12.5. The van der Waals surface area contributed by atoms with Crippen LogP contribution in [0.5, 0.6) is 0 Å². The number of nitrogens with zero attached hydrogens (tertiary/aromatic N) is 2. The summed E-state index contributed by atoms with van der Waals surface area (Å²) < 4.78 is 0. The highest BCUT2D eigenvalue weighted by Crippen LogP contribution is 2.25. The van der Waals surface area contributed by atoms with Gasteiger partial charge in [0.1, 0.15) is 0 Å². The molecule has 2 aliphatic rings. The van der Waals surface area contributed by atoms with Crippen molar-refractivity contribution >= 4 is 5.91 Å². The highest BCUT2D eigenvalue weighted by atomic mass is 16.2. The van der Waals surface area contributed by atoms with Gasteiger partial charge in [-0.2, -0.15) is 0 Å². The number of carbonyl (C=O) groups is 1. The fourth-order valence-corrected chi connectivity index (χ4v) is 2.92. The van der Waals surface area contributed by atoms with E-state index < -0.39 is 0 Å². The number of likely N-dealkylation sites (N-methyl/N-ethyl adjacent to an activating group) is 1. The molecule has 1 aliphatic carbocycles. The molecule has 2 fully saturated rings. The highest BCUT2D eigenvalue weighted by Gasteiger charge is 2.39. The van der Waals surface area contributed by atoms with Crippen LogP contribution < -0.4 is 5.32 Å². The molecule has 19 heavy (non-hydrogen) atoms. The van der Waals surface area contributed by atoms with E-state index in [1.54, 1.807) is 0 Å². The van der Waals surface area contributed by atoms with Gasteiger partial charge in [0.2, 0.25) is 5.91 Å². The fraction of sp³-hybridized carbons (Fsp3) is 0.933. The third kappa shape index (κ3) is 3.48. The molecule has 4 nitrogen and oxygen atoms in total. The molecule has 1 saturated heterocycles. The second kappa shape index (κ2) is 6.23. The second-order valence-corrected chi connectivity index (χ2v) is 6.44. The van der Waals surface area contributed by atoms with Crippen LogP contribution in [0.2, 0.25) is 0 Å². The lowest BCUT2D eigenvalue weighted by Gasteiger charge is -2.26. The van der Waals surface area contributed by atoms with Crippen LogP contribution >= 0.6 is 0 Å². The molecule has 1 N–H and O–H groups in total. The molecule has 0 bridgehead atoms. The van der Waals surface area contributed by atoms with E-state index in [9.17, 15) is 4.79 Å². The average Bonchev–Trinajstić information content (AvgIpc) is 3.14. The third-order valence-corrected chi connectivity index (χ3v) is 4.39. The molecule has 2 atom stereocenters. The van der Waals surface area contributed by atoms with Crippen LogP contribution in [-0.4, -0.2) is 54.1 Å². The van der Waals surface area contributed by atoms with E-state index in [2.05, 4.69) is 42.9 Å². The minimum Gasteiger partial charge on any atom is -0.325 e. The van der Waals surface area contributed by atoms with Gasteiger partial charge in [0.15, 0.2) is 0 Å². The van der Waals surface area contributed by atoms with E-state index in [1.807, 2.05) is 0 Å². The van der Waals surface area contributed by atoms with Gasteiger partial charge in [0.25, 0.3) is 0 Å². The van der Waals surface area contributed by atoms with E-state index in [1.165, 1.54) is 12.8 Å². The Morgan fingerprint density at radius 2 is 2.11 bits per heavy atom. The Labute approximate surface area is 117 Å². The molecule has 0 aromatic carbocycles. The van der Waals surface area contributed by atoms with Gasteiger partial charge in [0, 0.05) is 19.1 Å². The zero-order chi connectivity index (χ0) is 14.0. The summed E-state index contributed by atoms with van der Waals surface area (Å²) in [5, 5.41) is 3.52. The quantitative estimate of drug-likeness (QED) is 0.762. The van der Waals surface area contributed by atoms with E-state index >= 15 is 0 Å². The van der Waals surface area contributed by atoms with Gasteiger partial charge >= 0.3 is 0 Å². The van der Waals surface area contributed by atoms with Crippen molar-refractivity contribution in [1.29, 1.82) is 0 Å². The summed E-state index contributed by atoms with van der Waals surface area (Å²) in [7, 11) is 2.18. The molecule has 2 rings (SSSR count). The maximum absolute atomic E-state index is 12.5. The van der Waals surface area contributed by atoms with Crippen LogP contribution in [0, 0.1) is 5.92 Å². The largest absolute Gasteiger partial charge is 0.325 e. The van der Waals surface area contributed by atoms with Crippen molar-refractivity contribution in [2.75, 3.05) is 20.1 Å². The Balaban J connectivity index is 1.91. The normalized spacial score (nSPS) is 27.9. The second-order valence-electron chi connectivity index (χ2n) is 6.44. The van der Waals surface area contributed by atoms with Crippen LogP contribution in [0.1, 0.15) is 46.5 Å². The zero-order valence-corrected chi connectivity index (χ0v) is 12.9. The monoisotopic (exact) mass is 267 g/mol. The van der Waals surface area contributed by atoms with Crippen molar-refractivity contribution in [3.63, 3.8) is 0 Å². The summed E-state index contributed by atoms with van der Waals surface area (Å²) in [5.74, 6) is 0.677. The van der Waals surface area contributed by atoms with Crippen molar-refractivity contribution in [3.05, 3.63) is 0 Å². The smallest absolute Gasteiger partial charge is 0.241 e. The van der Waals surface area contributed by atoms with Crippen molar-refractivity contribution < 1.29 is 4.79 Å². The maximum Gasteiger partial charge on any atom is 0.241 e.